The Morgan fingerprint density at radius 1 is 0.939 bits per heavy atom. The van der Waals surface area contributed by atoms with Gasteiger partial charge in [0.1, 0.15) is 5.84 Å². The van der Waals surface area contributed by atoms with Crippen molar-refractivity contribution in [2.45, 2.75) is 11.3 Å². The summed E-state index contributed by atoms with van der Waals surface area (Å²) in [6, 6.07) is 22.6. The van der Waals surface area contributed by atoms with Crippen LogP contribution in [0.4, 0.5) is 11.4 Å². The molecule has 0 amide bonds. The van der Waals surface area contributed by atoms with Gasteiger partial charge >= 0.3 is 0 Å². The molecule has 6 nitrogen and oxygen atoms in total. The maximum atomic E-state index is 13.0. The Morgan fingerprint density at radius 3 is 2.36 bits per heavy atom. The van der Waals surface area contributed by atoms with E-state index in [-0.39, 0.29) is 4.90 Å². The zero-order valence-corrected chi connectivity index (χ0v) is 20.1. The Bertz CT molecular complexity index is 1360. The van der Waals surface area contributed by atoms with Gasteiger partial charge in [0.25, 0.3) is 0 Å². The summed E-state index contributed by atoms with van der Waals surface area (Å²) in [4.78, 5) is 3.14. The highest BCUT2D eigenvalue weighted by Crippen LogP contribution is 2.30. The molecule has 3 aromatic carbocycles. The van der Waals surface area contributed by atoms with Crippen molar-refractivity contribution in [3.8, 4) is 0 Å². The van der Waals surface area contributed by atoms with Crippen molar-refractivity contribution < 1.29 is 8.42 Å². The molecule has 0 radical (unpaired) electrons. The molecule has 4 aromatic rings. The summed E-state index contributed by atoms with van der Waals surface area (Å²) in [5, 5.41) is 14.7. The third kappa shape index (κ3) is 5.24. The molecule has 3 N–H and O–H groups in total. The van der Waals surface area contributed by atoms with E-state index in [1.807, 2.05) is 85.0 Å². The predicted molar refractivity (Wildman–Crippen MR) is 138 cm³/mol. The molecule has 0 aliphatic carbocycles. The second kappa shape index (κ2) is 9.74. The number of nitrogens with zero attached hydrogens (tertiary/aromatic N) is 1. The Kier molecular flexibility index (Phi) is 6.78. The topological polar surface area (TPSA) is 85.3 Å². The minimum Gasteiger partial charge on any atom is -0.377 e. The smallest absolute Gasteiger partial charge is 0.241 e. The number of anilines is 2. The largest absolute Gasteiger partial charge is 0.377 e. The van der Waals surface area contributed by atoms with Crippen molar-refractivity contribution in [1.82, 2.24) is 4.72 Å². The zero-order chi connectivity index (χ0) is 23.4. The van der Waals surface area contributed by atoms with Crippen molar-refractivity contribution in [3.05, 3.63) is 88.6 Å². The van der Waals surface area contributed by atoms with Gasteiger partial charge in [-0.1, -0.05) is 42.5 Å². The summed E-state index contributed by atoms with van der Waals surface area (Å²) in [5.41, 5.74) is 2.81. The number of nitrogens with one attached hydrogen (secondary N) is 3. The third-order valence-electron chi connectivity index (χ3n) is 5.33. The third-order valence-corrected chi connectivity index (χ3v) is 7.73. The highest BCUT2D eigenvalue weighted by atomic mass is 32.2. The molecule has 0 saturated carbocycles. The van der Waals surface area contributed by atoms with Crippen molar-refractivity contribution in [3.63, 3.8) is 0 Å². The number of hydrogen-bond acceptors (Lipinski definition) is 5. The fourth-order valence-electron chi connectivity index (χ4n) is 3.68. The molecule has 33 heavy (non-hydrogen) atoms. The fraction of sp³-hybridized carbons (Fsp3) is 0.160. The summed E-state index contributed by atoms with van der Waals surface area (Å²) in [5.74, 6) is 0.359. The molecule has 0 fully saturated rings. The van der Waals surface area contributed by atoms with Gasteiger partial charge in [0, 0.05) is 42.8 Å². The minimum atomic E-state index is -3.66. The van der Waals surface area contributed by atoms with Crippen LogP contribution in [0.3, 0.4) is 0 Å². The molecular formula is C25H26N4O2S2. The van der Waals surface area contributed by atoms with Crippen LogP contribution in [0.5, 0.6) is 0 Å². The van der Waals surface area contributed by atoms with Crippen LogP contribution in [0.25, 0.3) is 10.8 Å². The Morgan fingerprint density at radius 2 is 1.67 bits per heavy atom. The van der Waals surface area contributed by atoms with E-state index in [0.29, 0.717) is 24.2 Å². The van der Waals surface area contributed by atoms with Crippen molar-refractivity contribution in [2.24, 2.45) is 0 Å². The predicted octanol–water partition coefficient (Wildman–Crippen LogP) is 4.93. The van der Waals surface area contributed by atoms with E-state index in [0.717, 1.165) is 27.2 Å². The number of rotatable bonds is 8. The van der Waals surface area contributed by atoms with Crippen molar-refractivity contribution in [2.75, 3.05) is 30.9 Å². The van der Waals surface area contributed by atoms with Gasteiger partial charge in [-0.25, -0.2) is 13.1 Å². The first-order valence-electron chi connectivity index (χ1n) is 10.5. The average molecular weight is 479 g/mol. The van der Waals surface area contributed by atoms with E-state index < -0.39 is 10.0 Å². The summed E-state index contributed by atoms with van der Waals surface area (Å²) < 4.78 is 28.8. The van der Waals surface area contributed by atoms with E-state index in [1.54, 1.807) is 12.1 Å². The normalized spacial score (nSPS) is 11.5. The summed E-state index contributed by atoms with van der Waals surface area (Å²) in [7, 11) is 0.233. The first kappa shape index (κ1) is 23.0. The molecule has 8 heteroatoms. The lowest BCUT2D eigenvalue weighted by molar-refractivity contribution is 0.582. The van der Waals surface area contributed by atoms with Crippen LogP contribution in [0, 0.1) is 5.41 Å². The van der Waals surface area contributed by atoms with Gasteiger partial charge in [0.2, 0.25) is 10.0 Å². The molecule has 0 bridgehead atoms. The number of hydrogen-bond donors (Lipinski definition) is 3. The summed E-state index contributed by atoms with van der Waals surface area (Å²) >= 11 is 1.51. The van der Waals surface area contributed by atoms with E-state index in [9.17, 15) is 8.42 Å². The molecule has 0 spiro atoms. The molecule has 1 aromatic heterocycles. The lowest BCUT2D eigenvalue weighted by Gasteiger charge is -2.17. The van der Waals surface area contributed by atoms with Gasteiger partial charge in [-0.3, -0.25) is 5.41 Å². The monoisotopic (exact) mass is 478 g/mol. The van der Waals surface area contributed by atoms with Gasteiger partial charge in [-0.2, -0.15) is 0 Å². The molecule has 0 aliphatic rings. The van der Waals surface area contributed by atoms with E-state index in [1.165, 1.54) is 11.3 Å². The minimum absolute atomic E-state index is 0.287. The van der Waals surface area contributed by atoms with Crippen LogP contribution >= 0.6 is 11.3 Å². The maximum Gasteiger partial charge on any atom is 0.241 e. The van der Waals surface area contributed by atoms with Crippen molar-refractivity contribution in [1.29, 1.82) is 5.41 Å². The zero-order valence-electron chi connectivity index (χ0n) is 18.5. The summed E-state index contributed by atoms with van der Waals surface area (Å²) in [6.45, 7) is 0.296. The van der Waals surface area contributed by atoms with E-state index >= 15 is 0 Å². The number of amidine groups is 1. The highest BCUT2D eigenvalue weighted by molar-refractivity contribution is 7.89. The first-order valence-corrected chi connectivity index (χ1v) is 12.9. The van der Waals surface area contributed by atoms with Crippen LogP contribution in [0.15, 0.2) is 83.1 Å². The first-order chi connectivity index (χ1) is 15.8. The van der Waals surface area contributed by atoms with Crippen LogP contribution in [-0.4, -0.2) is 34.9 Å². The lowest BCUT2D eigenvalue weighted by Crippen LogP contribution is -2.26. The van der Waals surface area contributed by atoms with Crippen LogP contribution < -0.4 is 14.9 Å². The standard InChI is InChI=1S/C25H26N4O2S2/c1-29(2)22-8-3-7-21-20(22)6-4-10-24(21)33(30,31)27-16-15-18-11-13-19(14-12-18)28-25(26)23-9-5-17-32-23/h3-14,17,27H,15-16H2,1-2H3,(H2,26,28). The number of fused-ring (bicyclic) bond motifs is 1. The second-order valence-electron chi connectivity index (χ2n) is 7.84. The molecule has 4 rings (SSSR count). The molecule has 0 atom stereocenters. The average Bonchev–Trinajstić information content (AvgIpc) is 3.34. The van der Waals surface area contributed by atoms with E-state index in [2.05, 4.69) is 10.0 Å². The molecule has 0 saturated heterocycles. The summed E-state index contributed by atoms with van der Waals surface area (Å²) in [6.07, 6.45) is 0.565. The number of thiophene rings is 1. The van der Waals surface area contributed by atoms with Gasteiger partial charge < -0.3 is 10.2 Å². The maximum absolute atomic E-state index is 13.0. The Labute approximate surface area is 198 Å². The van der Waals surface area contributed by atoms with Crippen LogP contribution in [0.2, 0.25) is 0 Å². The van der Waals surface area contributed by atoms with Crippen LogP contribution in [0.1, 0.15) is 10.4 Å². The van der Waals surface area contributed by atoms with Gasteiger partial charge in [0.05, 0.1) is 9.77 Å². The fourth-order valence-corrected chi connectivity index (χ4v) is 5.56. The SMILES string of the molecule is CN(C)c1cccc2c(S(=O)(=O)NCCc3ccc(NC(=N)c4cccs4)cc3)cccc12. The number of sulfonamides is 1. The Hall–Kier alpha value is -3.20. The van der Waals surface area contributed by atoms with Crippen LogP contribution in [-0.2, 0) is 16.4 Å². The van der Waals surface area contributed by atoms with Crippen molar-refractivity contribution >= 4 is 49.3 Å². The molecule has 170 valence electrons. The molecular weight excluding hydrogens is 452 g/mol. The van der Waals surface area contributed by atoms with E-state index in [4.69, 9.17) is 5.41 Å². The highest BCUT2D eigenvalue weighted by Gasteiger charge is 2.18. The quantitative estimate of drug-likeness (QED) is 0.248. The van der Waals surface area contributed by atoms with Gasteiger partial charge in [0.15, 0.2) is 0 Å². The second-order valence-corrected chi connectivity index (χ2v) is 10.5. The molecule has 0 aliphatic heterocycles. The number of benzene rings is 3. The molecule has 1 heterocycles. The van der Waals surface area contributed by atoms with Gasteiger partial charge in [-0.05, 0) is 47.7 Å². The lowest BCUT2D eigenvalue weighted by atomic mass is 10.1. The van der Waals surface area contributed by atoms with Gasteiger partial charge in [-0.15, -0.1) is 11.3 Å². The Balaban J connectivity index is 1.41. The molecule has 0 unspecified atom stereocenters.